The Morgan fingerprint density at radius 2 is 2.23 bits per heavy atom. The maximum Gasteiger partial charge on any atom is 0.179 e. The second kappa shape index (κ2) is 4.58. The second-order valence-electron chi connectivity index (χ2n) is 2.63. The quantitative estimate of drug-likeness (QED) is 0.888. The van der Waals surface area contributed by atoms with Gasteiger partial charge in [-0.05, 0) is 46.6 Å². The molecule has 4 heteroatoms. The molecule has 0 aliphatic heterocycles. The van der Waals surface area contributed by atoms with Crippen molar-refractivity contribution in [2.75, 3.05) is 13.7 Å². The highest BCUT2D eigenvalue weighted by Gasteiger charge is 2.08. The van der Waals surface area contributed by atoms with Crippen LogP contribution in [0.25, 0.3) is 0 Å². The van der Waals surface area contributed by atoms with Crippen LogP contribution in [0.1, 0.15) is 5.56 Å². The van der Waals surface area contributed by atoms with Gasteiger partial charge >= 0.3 is 0 Å². The zero-order valence-electron chi connectivity index (χ0n) is 7.31. The van der Waals surface area contributed by atoms with E-state index >= 15 is 0 Å². The van der Waals surface area contributed by atoms with Crippen molar-refractivity contribution < 1.29 is 9.13 Å². The molecule has 0 atom stereocenters. The fraction of sp³-hybridized carbons (Fsp3) is 0.333. The van der Waals surface area contributed by atoms with E-state index in [0.29, 0.717) is 11.0 Å². The van der Waals surface area contributed by atoms with Crippen LogP contribution in [0.4, 0.5) is 4.39 Å². The molecule has 2 N–H and O–H groups in total. The third-order valence-electron chi connectivity index (χ3n) is 1.71. The van der Waals surface area contributed by atoms with Gasteiger partial charge in [0.15, 0.2) is 11.6 Å². The molecule has 1 aromatic rings. The lowest BCUT2D eigenvalue weighted by molar-refractivity contribution is 0.384. The Bertz CT molecular complexity index is 304. The van der Waals surface area contributed by atoms with E-state index < -0.39 is 0 Å². The third-order valence-corrected chi connectivity index (χ3v) is 2.28. The standard InChI is InChI=1S/C9H11BrFNO/c1-13-8-5-6(2-3-12)4-7(10)9(8)11/h4-5H,2-3,12H2,1H3. The summed E-state index contributed by atoms with van der Waals surface area (Å²) in [7, 11) is 1.44. The molecule has 0 saturated carbocycles. The number of nitrogens with two attached hydrogens (primary N) is 1. The molecular formula is C9H11BrFNO. The molecule has 0 radical (unpaired) electrons. The van der Waals surface area contributed by atoms with Gasteiger partial charge in [-0.2, -0.15) is 0 Å². The highest BCUT2D eigenvalue weighted by Crippen LogP contribution is 2.26. The van der Waals surface area contributed by atoms with Crippen molar-refractivity contribution in [2.45, 2.75) is 6.42 Å². The molecule has 0 unspecified atom stereocenters. The summed E-state index contributed by atoms with van der Waals surface area (Å²) in [6.07, 6.45) is 0.717. The van der Waals surface area contributed by atoms with Crippen molar-refractivity contribution in [3.05, 3.63) is 28.0 Å². The van der Waals surface area contributed by atoms with Gasteiger partial charge in [-0.15, -0.1) is 0 Å². The predicted octanol–water partition coefficient (Wildman–Crippen LogP) is 2.10. The van der Waals surface area contributed by atoms with Gasteiger partial charge in [0.1, 0.15) is 0 Å². The van der Waals surface area contributed by atoms with E-state index in [-0.39, 0.29) is 11.6 Å². The lowest BCUT2D eigenvalue weighted by Gasteiger charge is -2.06. The normalized spacial score (nSPS) is 10.2. The molecule has 0 amide bonds. The average Bonchev–Trinajstić information content (AvgIpc) is 2.11. The Hall–Kier alpha value is -0.610. The van der Waals surface area contributed by atoms with Crippen LogP contribution in [0.15, 0.2) is 16.6 Å². The third kappa shape index (κ3) is 2.42. The Morgan fingerprint density at radius 1 is 1.54 bits per heavy atom. The fourth-order valence-corrected chi connectivity index (χ4v) is 1.57. The molecule has 0 spiro atoms. The highest BCUT2D eigenvalue weighted by atomic mass is 79.9. The number of benzene rings is 1. The van der Waals surface area contributed by atoms with E-state index in [0.717, 1.165) is 12.0 Å². The minimum atomic E-state index is -0.372. The molecular weight excluding hydrogens is 237 g/mol. The second-order valence-corrected chi connectivity index (χ2v) is 3.49. The lowest BCUT2D eigenvalue weighted by atomic mass is 10.1. The van der Waals surface area contributed by atoms with E-state index in [1.807, 2.05) is 0 Å². The Labute approximate surface area is 85.0 Å². The van der Waals surface area contributed by atoms with E-state index in [2.05, 4.69) is 15.9 Å². The molecule has 0 aliphatic carbocycles. The van der Waals surface area contributed by atoms with Crippen molar-refractivity contribution >= 4 is 15.9 Å². The summed E-state index contributed by atoms with van der Waals surface area (Å²) in [6.45, 7) is 0.543. The van der Waals surface area contributed by atoms with E-state index in [9.17, 15) is 4.39 Å². The van der Waals surface area contributed by atoms with Crippen molar-refractivity contribution in [2.24, 2.45) is 5.73 Å². The maximum absolute atomic E-state index is 13.2. The van der Waals surface area contributed by atoms with Gasteiger partial charge in [-0.25, -0.2) is 4.39 Å². The monoisotopic (exact) mass is 247 g/mol. The van der Waals surface area contributed by atoms with Gasteiger partial charge < -0.3 is 10.5 Å². The molecule has 72 valence electrons. The number of rotatable bonds is 3. The van der Waals surface area contributed by atoms with E-state index in [4.69, 9.17) is 10.5 Å². The molecule has 1 rings (SSSR count). The van der Waals surface area contributed by atoms with Crippen molar-refractivity contribution in [3.63, 3.8) is 0 Å². The molecule has 0 heterocycles. The largest absolute Gasteiger partial charge is 0.494 e. The SMILES string of the molecule is COc1cc(CCN)cc(Br)c1F. The first-order valence-corrected chi connectivity index (χ1v) is 4.70. The molecule has 2 nitrogen and oxygen atoms in total. The zero-order chi connectivity index (χ0) is 9.84. The van der Waals surface area contributed by atoms with Gasteiger partial charge in [0, 0.05) is 0 Å². The summed E-state index contributed by atoms with van der Waals surface area (Å²) in [5.41, 5.74) is 6.36. The first kappa shape index (κ1) is 10.5. The molecule has 0 fully saturated rings. The fourth-order valence-electron chi connectivity index (χ4n) is 1.08. The van der Waals surface area contributed by atoms with Gasteiger partial charge in [-0.1, -0.05) is 0 Å². The van der Waals surface area contributed by atoms with Crippen molar-refractivity contribution in [1.82, 2.24) is 0 Å². The highest BCUT2D eigenvalue weighted by molar-refractivity contribution is 9.10. The Balaban J connectivity index is 3.06. The minimum Gasteiger partial charge on any atom is -0.494 e. The number of methoxy groups -OCH3 is 1. The van der Waals surface area contributed by atoms with Gasteiger partial charge in [-0.3, -0.25) is 0 Å². The van der Waals surface area contributed by atoms with Crippen LogP contribution in [0, 0.1) is 5.82 Å². The summed E-state index contributed by atoms with van der Waals surface area (Å²) in [5, 5.41) is 0. The van der Waals surface area contributed by atoms with Gasteiger partial charge in [0.05, 0.1) is 11.6 Å². The minimum absolute atomic E-state index is 0.248. The Morgan fingerprint density at radius 3 is 2.77 bits per heavy atom. The van der Waals surface area contributed by atoms with Gasteiger partial charge in [0.25, 0.3) is 0 Å². The molecule has 0 aromatic heterocycles. The maximum atomic E-state index is 13.2. The average molecular weight is 248 g/mol. The zero-order valence-corrected chi connectivity index (χ0v) is 8.90. The molecule has 0 saturated heterocycles. The number of hydrogen-bond acceptors (Lipinski definition) is 2. The van der Waals surface area contributed by atoms with Crippen LogP contribution in [0.3, 0.4) is 0 Å². The lowest BCUT2D eigenvalue weighted by Crippen LogP contribution is -2.03. The number of halogens is 2. The molecule has 0 bridgehead atoms. The van der Waals surface area contributed by atoms with E-state index in [1.165, 1.54) is 7.11 Å². The van der Waals surface area contributed by atoms with Crippen molar-refractivity contribution in [3.8, 4) is 5.75 Å². The molecule has 13 heavy (non-hydrogen) atoms. The first-order valence-electron chi connectivity index (χ1n) is 3.91. The van der Waals surface area contributed by atoms with Crippen LogP contribution >= 0.6 is 15.9 Å². The summed E-state index contributed by atoms with van der Waals surface area (Å²) < 4.78 is 18.5. The molecule has 0 aliphatic rings. The summed E-state index contributed by atoms with van der Waals surface area (Å²) in [4.78, 5) is 0. The van der Waals surface area contributed by atoms with Crippen molar-refractivity contribution in [1.29, 1.82) is 0 Å². The Kier molecular flexibility index (Phi) is 3.69. The van der Waals surface area contributed by atoms with Crippen LogP contribution in [-0.4, -0.2) is 13.7 Å². The van der Waals surface area contributed by atoms with Crippen LogP contribution in [-0.2, 0) is 6.42 Å². The van der Waals surface area contributed by atoms with Gasteiger partial charge in [0.2, 0.25) is 0 Å². The summed E-state index contributed by atoms with van der Waals surface area (Å²) in [5.74, 6) is -0.124. The van der Waals surface area contributed by atoms with Crippen LogP contribution < -0.4 is 10.5 Å². The van der Waals surface area contributed by atoms with Crippen LogP contribution in [0.5, 0.6) is 5.75 Å². The van der Waals surface area contributed by atoms with Crippen LogP contribution in [0.2, 0.25) is 0 Å². The number of ether oxygens (including phenoxy) is 1. The van der Waals surface area contributed by atoms with E-state index in [1.54, 1.807) is 12.1 Å². The number of hydrogen-bond donors (Lipinski definition) is 1. The predicted molar refractivity (Wildman–Crippen MR) is 53.4 cm³/mol. The summed E-state index contributed by atoms with van der Waals surface area (Å²) in [6, 6.07) is 3.37. The smallest absolute Gasteiger partial charge is 0.179 e. The first-order chi connectivity index (χ1) is 6.19. The summed E-state index contributed by atoms with van der Waals surface area (Å²) >= 11 is 3.11. The molecule has 1 aromatic carbocycles. The topological polar surface area (TPSA) is 35.2 Å².